The van der Waals surface area contributed by atoms with E-state index in [-0.39, 0.29) is 5.92 Å². The van der Waals surface area contributed by atoms with Crippen LogP contribution in [-0.2, 0) is 6.42 Å². The predicted octanol–water partition coefficient (Wildman–Crippen LogP) is 4.03. The Labute approximate surface area is 137 Å². The topological polar surface area (TPSA) is 44.5 Å². The molecule has 0 bridgehead atoms. The lowest BCUT2D eigenvalue weighted by Gasteiger charge is -2.20. The molecule has 22 heavy (non-hydrogen) atoms. The fourth-order valence-electron chi connectivity index (χ4n) is 2.60. The van der Waals surface area contributed by atoms with Crippen molar-refractivity contribution in [3.63, 3.8) is 0 Å². The molecule has 3 nitrogen and oxygen atoms in total. The van der Waals surface area contributed by atoms with E-state index in [1.807, 2.05) is 43.3 Å². The fourth-order valence-corrected chi connectivity index (χ4v) is 2.79. The SMILES string of the molecule is CCOc1ccccc1C(CN)Cc1cc(Cl)ccc1OC. The minimum atomic E-state index is 0.148. The number of ether oxygens (including phenoxy) is 2. The number of para-hydroxylation sites is 1. The maximum Gasteiger partial charge on any atom is 0.122 e. The number of hydrogen-bond donors (Lipinski definition) is 1. The van der Waals surface area contributed by atoms with Gasteiger partial charge in [-0.3, -0.25) is 0 Å². The standard InChI is InChI=1S/C18H22ClNO2/c1-3-22-18-7-5-4-6-16(18)14(12-20)10-13-11-15(19)8-9-17(13)21-2/h4-9,11,14H,3,10,12,20H2,1-2H3. The molecule has 0 heterocycles. The third kappa shape index (κ3) is 3.93. The van der Waals surface area contributed by atoms with Crippen molar-refractivity contribution in [2.75, 3.05) is 20.3 Å². The normalized spacial score (nSPS) is 12.0. The first-order chi connectivity index (χ1) is 10.7. The molecule has 2 aromatic rings. The first-order valence-corrected chi connectivity index (χ1v) is 7.81. The summed E-state index contributed by atoms with van der Waals surface area (Å²) in [5, 5.41) is 0.699. The fraction of sp³-hybridized carbons (Fsp3) is 0.333. The molecule has 2 rings (SSSR count). The van der Waals surface area contributed by atoms with Gasteiger partial charge in [0.05, 0.1) is 13.7 Å². The molecule has 0 amide bonds. The minimum Gasteiger partial charge on any atom is -0.496 e. The maximum atomic E-state index is 6.12. The van der Waals surface area contributed by atoms with E-state index >= 15 is 0 Å². The average molecular weight is 320 g/mol. The van der Waals surface area contributed by atoms with Crippen molar-refractivity contribution in [3.8, 4) is 11.5 Å². The Morgan fingerprint density at radius 1 is 1.14 bits per heavy atom. The van der Waals surface area contributed by atoms with Gasteiger partial charge in [-0.25, -0.2) is 0 Å². The van der Waals surface area contributed by atoms with Gasteiger partial charge < -0.3 is 15.2 Å². The summed E-state index contributed by atoms with van der Waals surface area (Å²) in [7, 11) is 1.67. The van der Waals surface area contributed by atoms with Crippen LogP contribution in [0.3, 0.4) is 0 Å². The van der Waals surface area contributed by atoms with E-state index in [2.05, 4.69) is 6.07 Å². The lowest BCUT2D eigenvalue weighted by Crippen LogP contribution is -2.16. The van der Waals surface area contributed by atoms with Crippen LogP contribution in [0.4, 0.5) is 0 Å². The second-order valence-electron chi connectivity index (χ2n) is 5.06. The molecule has 118 valence electrons. The van der Waals surface area contributed by atoms with Crippen LogP contribution in [0.15, 0.2) is 42.5 Å². The van der Waals surface area contributed by atoms with Gasteiger partial charge in [0.2, 0.25) is 0 Å². The van der Waals surface area contributed by atoms with Gasteiger partial charge in [0.1, 0.15) is 11.5 Å². The van der Waals surface area contributed by atoms with E-state index in [0.29, 0.717) is 18.2 Å². The zero-order valence-corrected chi connectivity index (χ0v) is 13.8. The van der Waals surface area contributed by atoms with Gasteiger partial charge in [-0.05, 0) is 55.3 Å². The second kappa shape index (κ2) is 8.06. The van der Waals surface area contributed by atoms with E-state index in [0.717, 1.165) is 29.0 Å². The van der Waals surface area contributed by atoms with Gasteiger partial charge in [-0.1, -0.05) is 29.8 Å². The van der Waals surface area contributed by atoms with Gasteiger partial charge >= 0.3 is 0 Å². The number of hydrogen-bond acceptors (Lipinski definition) is 3. The average Bonchev–Trinajstić information content (AvgIpc) is 2.54. The molecule has 0 aliphatic heterocycles. The largest absolute Gasteiger partial charge is 0.496 e. The Kier molecular flexibility index (Phi) is 6.10. The Morgan fingerprint density at radius 3 is 2.59 bits per heavy atom. The molecule has 0 saturated carbocycles. The summed E-state index contributed by atoms with van der Waals surface area (Å²) in [5.41, 5.74) is 8.19. The number of benzene rings is 2. The van der Waals surface area contributed by atoms with E-state index < -0.39 is 0 Å². The number of rotatable bonds is 7. The van der Waals surface area contributed by atoms with Crippen molar-refractivity contribution in [2.45, 2.75) is 19.3 Å². The van der Waals surface area contributed by atoms with E-state index in [9.17, 15) is 0 Å². The summed E-state index contributed by atoms with van der Waals surface area (Å²) in [6.07, 6.45) is 0.754. The first-order valence-electron chi connectivity index (χ1n) is 7.43. The van der Waals surface area contributed by atoms with Crippen LogP contribution in [0.1, 0.15) is 24.0 Å². The molecule has 1 atom stereocenters. The summed E-state index contributed by atoms with van der Waals surface area (Å²) < 4.78 is 11.2. The number of halogens is 1. The third-order valence-electron chi connectivity index (χ3n) is 3.65. The highest BCUT2D eigenvalue weighted by Crippen LogP contribution is 2.32. The number of nitrogens with two attached hydrogens (primary N) is 1. The van der Waals surface area contributed by atoms with Gasteiger partial charge in [0.15, 0.2) is 0 Å². The highest BCUT2D eigenvalue weighted by molar-refractivity contribution is 6.30. The minimum absolute atomic E-state index is 0.148. The zero-order chi connectivity index (χ0) is 15.9. The van der Waals surface area contributed by atoms with Crippen molar-refractivity contribution in [2.24, 2.45) is 5.73 Å². The van der Waals surface area contributed by atoms with Crippen LogP contribution in [0.25, 0.3) is 0 Å². The lowest BCUT2D eigenvalue weighted by atomic mass is 9.91. The molecule has 0 saturated heterocycles. The highest BCUT2D eigenvalue weighted by Gasteiger charge is 2.17. The van der Waals surface area contributed by atoms with E-state index in [1.165, 1.54) is 0 Å². The van der Waals surface area contributed by atoms with Crippen molar-refractivity contribution in [3.05, 3.63) is 58.6 Å². The lowest BCUT2D eigenvalue weighted by molar-refractivity contribution is 0.333. The van der Waals surface area contributed by atoms with Crippen LogP contribution in [0.2, 0.25) is 5.02 Å². The third-order valence-corrected chi connectivity index (χ3v) is 3.89. The Balaban J connectivity index is 2.32. The molecule has 0 spiro atoms. The highest BCUT2D eigenvalue weighted by atomic mass is 35.5. The smallest absolute Gasteiger partial charge is 0.122 e. The predicted molar refractivity (Wildman–Crippen MR) is 91.1 cm³/mol. The van der Waals surface area contributed by atoms with Gasteiger partial charge in [-0.2, -0.15) is 0 Å². The molecular weight excluding hydrogens is 298 g/mol. The molecule has 2 N–H and O–H groups in total. The Bertz CT molecular complexity index is 616. The quantitative estimate of drug-likeness (QED) is 0.838. The van der Waals surface area contributed by atoms with Gasteiger partial charge in [0.25, 0.3) is 0 Å². The molecule has 0 aliphatic rings. The van der Waals surface area contributed by atoms with Crippen molar-refractivity contribution >= 4 is 11.6 Å². The second-order valence-corrected chi connectivity index (χ2v) is 5.50. The number of methoxy groups -OCH3 is 1. The summed E-state index contributed by atoms with van der Waals surface area (Å²) in [5.74, 6) is 1.87. The van der Waals surface area contributed by atoms with Crippen LogP contribution < -0.4 is 15.2 Å². The molecular formula is C18H22ClNO2. The van der Waals surface area contributed by atoms with Crippen molar-refractivity contribution in [1.82, 2.24) is 0 Å². The van der Waals surface area contributed by atoms with Crippen LogP contribution in [0.5, 0.6) is 11.5 Å². The summed E-state index contributed by atoms with van der Waals surface area (Å²) >= 11 is 6.12. The first kappa shape index (κ1) is 16.7. The Morgan fingerprint density at radius 2 is 1.91 bits per heavy atom. The summed E-state index contributed by atoms with van der Waals surface area (Å²) in [6.45, 7) is 3.14. The monoisotopic (exact) mass is 319 g/mol. The molecule has 1 unspecified atom stereocenters. The summed E-state index contributed by atoms with van der Waals surface area (Å²) in [4.78, 5) is 0. The molecule has 4 heteroatoms. The zero-order valence-electron chi connectivity index (χ0n) is 13.0. The van der Waals surface area contributed by atoms with E-state index in [1.54, 1.807) is 7.11 Å². The van der Waals surface area contributed by atoms with Crippen molar-refractivity contribution < 1.29 is 9.47 Å². The maximum absolute atomic E-state index is 6.12. The van der Waals surface area contributed by atoms with Crippen LogP contribution >= 0.6 is 11.6 Å². The van der Waals surface area contributed by atoms with Gasteiger partial charge in [0, 0.05) is 10.9 Å². The molecule has 0 fully saturated rings. The van der Waals surface area contributed by atoms with Crippen molar-refractivity contribution in [1.29, 1.82) is 0 Å². The van der Waals surface area contributed by atoms with Crippen LogP contribution in [0, 0.1) is 0 Å². The molecule has 2 aromatic carbocycles. The Hall–Kier alpha value is -1.71. The molecule has 0 aromatic heterocycles. The van der Waals surface area contributed by atoms with Crippen LogP contribution in [-0.4, -0.2) is 20.3 Å². The summed E-state index contributed by atoms with van der Waals surface area (Å²) in [6, 6.07) is 13.7. The van der Waals surface area contributed by atoms with Gasteiger partial charge in [-0.15, -0.1) is 0 Å². The molecule has 0 aliphatic carbocycles. The van der Waals surface area contributed by atoms with E-state index in [4.69, 9.17) is 26.8 Å². The molecule has 0 radical (unpaired) electrons.